The van der Waals surface area contributed by atoms with E-state index in [1.165, 1.54) is 0 Å². The van der Waals surface area contributed by atoms with Crippen LogP contribution < -0.4 is 24.7 Å². The number of nitrogens with two attached hydrogens (primary N) is 1. The number of rotatable bonds is 9. The lowest BCUT2D eigenvalue weighted by atomic mass is 9.83. The highest BCUT2D eigenvalue weighted by atomic mass is 16.5. The van der Waals surface area contributed by atoms with Crippen LogP contribution in [-0.4, -0.2) is 19.2 Å². The lowest BCUT2D eigenvalue weighted by Gasteiger charge is -2.26. The molecule has 36 heavy (non-hydrogen) atoms. The van der Waals surface area contributed by atoms with Gasteiger partial charge in [-0.3, -0.25) is 0 Å². The number of esters is 1. The van der Waals surface area contributed by atoms with Crippen molar-refractivity contribution < 1.29 is 23.7 Å². The predicted molar refractivity (Wildman–Crippen MR) is 135 cm³/mol. The van der Waals surface area contributed by atoms with Crippen LogP contribution in [0.4, 0.5) is 0 Å². The quantitative estimate of drug-likeness (QED) is 0.236. The van der Waals surface area contributed by atoms with Gasteiger partial charge in [0.25, 0.3) is 0 Å². The molecule has 3 aromatic carbocycles. The molecule has 0 saturated carbocycles. The molecule has 2 N–H and O–H groups in total. The minimum Gasteiger partial charge on any atom is -0.494 e. The number of fused-ring (bicyclic) bond motifs is 1. The molecule has 0 saturated heterocycles. The smallest absolute Gasteiger partial charge is 0.347 e. The minimum absolute atomic E-state index is 0.0158. The summed E-state index contributed by atoms with van der Waals surface area (Å²) >= 11 is 0. The molecule has 1 heterocycles. The molecule has 3 aromatic rings. The number of carbonyl (C=O) groups is 1. The summed E-state index contributed by atoms with van der Waals surface area (Å²) in [5.74, 6) is 0.983. The van der Waals surface area contributed by atoms with Crippen LogP contribution in [0.25, 0.3) is 0 Å². The second-order valence-electron chi connectivity index (χ2n) is 8.21. The van der Waals surface area contributed by atoms with E-state index in [1.807, 2.05) is 37.3 Å². The lowest BCUT2D eigenvalue weighted by molar-refractivity contribution is 0.0730. The second kappa shape index (κ2) is 11.3. The van der Waals surface area contributed by atoms with Gasteiger partial charge in [0.15, 0.2) is 0 Å². The Bertz CT molecular complexity index is 1310. The number of ether oxygens (including phenoxy) is 4. The third-order valence-corrected chi connectivity index (χ3v) is 5.79. The number of allylic oxidation sites excluding steroid dienone is 1. The summed E-state index contributed by atoms with van der Waals surface area (Å²) < 4.78 is 22.7. The lowest BCUT2D eigenvalue weighted by Crippen LogP contribution is -2.21. The first-order chi connectivity index (χ1) is 17.5. The van der Waals surface area contributed by atoms with Crippen LogP contribution in [0.2, 0.25) is 0 Å². The summed E-state index contributed by atoms with van der Waals surface area (Å²) in [5, 5.41) is 9.79. The van der Waals surface area contributed by atoms with E-state index in [2.05, 4.69) is 13.0 Å². The highest BCUT2D eigenvalue weighted by molar-refractivity contribution is 5.94. The van der Waals surface area contributed by atoms with Gasteiger partial charge in [0.2, 0.25) is 5.88 Å². The summed E-state index contributed by atoms with van der Waals surface area (Å²) in [4.78, 5) is 12.9. The number of benzene rings is 3. The first kappa shape index (κ1) is 24.7. The number of nitriles is 1. The van der Waals surface area contributed by atoms with E-state index in [0.717, 1.165) is 29.7 Å². The van der Waals surface area contributed by atoms with E-state index >= 15 is 0 Å². The zero-order valence-electron chi connectivity index (χ0n) is 20.3. The molecule has 0 bridgehead atoms. The summed E-state index contributed by atoms with van der Waals surface area (Å²) in [5.41, 5.74) is 8.38. The molecule has 0 radical (unpaired) electrons. The molecule has 4 rings (SSSR count). The van der Waals surface area contributed by atoms with Gasteiger partial charge in [0.05, 0.1) is 19.1 Å². The molecule has 0 spiro atoms. The topological polar surface area (TPSA) is 104 Å². The molecule has 1 unspecified atom stereocenters. The monoisotopic (exact) mass is 484 g/mol. The van der Waals surface area contributed by atoms with E-state index in [9.17, 15) is 10.1 Å². The summed E-state index contributed by atoms with van der Waals surface area (Å²) in [7, 11) is 0. The second-order valence-corrected chi connectivity index (χ2v) is 8.21. The first-order valence-corrected chi connectivity index (χ1v) is 11.9. The number of unbranched alkanes of at least 4 members (excludes halogenated alkanes) is 1. The van der Waals surface area contributed by atoms with Crippen molar-refractivity contribution in [3.05, 3.63) is 94.9 Å². The summed E-state index contributed by atoms with van der Waals surface area (Å²) in [6.45, 7) is 5.08. The normalized spacial score (nSPS) is 14.3. The standard InChI is InChI=1S/C29H28N2O5/c1-3-5-16-34-25-9-7-6-8-23(25)29(32)35-21-14-15-22-26(17-21)36-28(31)24(18-30)27(22)19-10-12-20(13-11-19)33-4-2/h6-15,17,27H,3-5,16,31H2,1-2H3. The Balaban J connectivity index is 1.61. The zero-order valence-corrected chi connectivity index (χ0v) is 20.3. The number of carbonyl (C=O) groups excluding carboxylic acids is 1. The minimum atomic E-state index is -0.540. The fourth-order valence-electron chi connectivity index (χ4n) is 4.01. The first-order valence-electron chi connectivity index (χ1n) is 11.9. The van der Waals surface area contributed by atoms with Crippen molar-refractivity contribution in [2.45, 2.75) is 32.6 Å². The van der Waals surface area contributed by atoms with Gasteiger partial charge in [-0.15, -0.1) is 0 Å². The van der Waals surface area contributed by atoms with Gasteiger partial charge in [0, 0.05) is 11.6 Å². The van der Waals surface area contributed by atoms with Crippen LogP contribution in [0.3, 0.4) is 0 Å². The molecule has 7 nitrogen and oxygen atoms in total. The number of hydrogen-bond acceptors (Lipinski definition) is 7. The Morgan fingerprint density at radius 2 is 1.78 bits per heavy atom. The summed E-state index contributed by atoms with van der Waals surface area (Å²) in [6, 6.07) is 21.8. The van der Waals surface area contributed by atoms with Crippen LogP contribution >= 0.6 is 0 Å². The number of para-hydroxylation sites is 1. The number of hydrogen-bond donors (Lipinski definition) is 1. The molecule has 0 aromatic heterocycles. The highest BCUT2D eigenvalue weighted by Gasteiger charge is 2.31. The van der Waals surface area contributed by atoms with Gasteiger partial charge in [-0.2, -0.15) is 5.26 Å². The van der Waals surface area contributed by atoms with Crippen molar-refractivity contribution in [1.82, 2.24) is 0 Å². The molecule has 1 aliphatic heterocycles. The van der Waals surface area contributed by atoms with Crippen LogP contribution in [0.5, 0.6) is 23.0 Å². The maximum Gasteiger partial charge on any atom is 0.347 e. The molecular formula is C29H28N2O5. The van der Waals surface area contributed by atoms with Crippen LogP contribution in [-0.2, 0) is 0 Å². The largest absolute Gasteiger partial charge is 0.494 e. The van der Waals surface area contributed by atoms with Crippen molar-refractivity contribution >= 4 is 5.97 Å². The van der Waals surface area contributed by atoms with Gasteiger partial charge in [0.1, 0.15) is 40.2 Å². The van der Waals surface area contributed by atoms with Crippen LogP contribution in [0, 0.1) is 11.3 Å². The molecule has 1 aliphatic rings. The maximum absolute atomic E-state index is 12.9. The highest BCUT2D eigenvalue weighted by Crippen LogP contribution is 2.43. The third-order valence-electron chi connectivity index (χ3n) is 5.79. The van der Waals surface area contributed by atoms with Crippen LogP contribution in [0.15, 0.2) is 78.2 Å². The van der Waals surface area contributed by atoms with Gasteiger partial charge in [-0.1, -0.05) is 43.7 Å². The van der Waals surface area contributed by atoms with Crippen molar-refractivity contribution in [2.24, 2.45) is 5.73 Å². The Kier molecular flexibility index (Phi) is 7.76. The molecule has 0 amide bonds. The van der Waals surface area contributed by atoms with E-state index in [-0.39, 0.29) is 5.88 Å². The number of nitrogens with zero attached hydrogens (tertiary/aromatic N) is 1. The average Bonchev–Trinajstić information content (AvgIpc) is 2.89. The Labute approximate surface area is 210 Å². The van der Waals surface area contributed by atoms with Gasteiger partial charge >= 0.3 is 5.97 Å². The molecule has 0 aliphatic carbocycles. The fourth-order valence-corrected chi connectivity index (χ4v) is 4.01. The average molecular weight is 485 g/mol. The Morgan fingerprint density at radius 1 is 1.03 bits per heavy atom. The van der Waals surface area contributed by atoms with E-state index < -0.39 is 11.9 Å². The van der Waals surface area contributed by atoms with Gasteiger partial charge in [-0.05, 0) is 49.2 Å². The molecule has 1 atom stereocenters. The van der Waals surface area contributed by atoms with E-state index in [4.69, 9.17) is 24.7 Å². The molecular weight excluding hydrogens is 456 g/mol. The molecule has 7 heteroatoms. The summed E-state index contributed by atoms with van der Waals surface area (Å²) in [6.07, 6.45) is 1.88. The third kappa shape index (κ3) is 5.28. The maximum atomic E-state index is 12.9. The predicted octanol–water partition coefficient (Wildman–Crippen LogP) is 5.70. The van der Waals surface area contributed by atoms with Gasteiger partial charge < -0.3 is 24.7 Å². The van der Waals surface area contributed by atoms with Crippen molar-refractivity contribution in [3.8, 4) is 29.1 Å². The van der Waals surface area contributed by atoms with Gasteiger partial charge in [-0.25, -0.2) is 4.79 Å². The van der Waals surface area contributed by atoms with E-state index in [0.29, 0.717) is 41.6 Å². The van der Waals surface area contributed by atoms with Crippen molar-refractivity contribution in [3.63, 3.8) is 0 Å². The fraction of sp³-hybridized carbons (Fsp3) is 0.241. The Hall–Kier alpha value is -4.44. The SMILES string of the molecule is CCCCOc1ccccc1C(=O)Oc1ccc2c(c1)OC(N)=C(C#N)C2c1ccc(OCC)cc1. The van der Waals surface area contributed by atoms with Crippen LogP contribution in [0.1, 0.15) is 54.1 Å². The molecule has 0 fully saturated rings. The Morgan fingerprint density at radius 3 is 2.50 bits per heavy atom. The van der Waals surface area contributed by atoms with Crippen molar-refractivity contribution in [1.29, 1.82) is 5.26 Å². The zero-order chi connectivity index (χ0) is 25.5. The van der Waals surface area contributed by atoms with E-state index in [1.54, 1.807) is 36.4 Å². The molecule has 184 valence electrons. The van der Waals surface area contributed by atoms with Crippen molar-refractivity contribution in [2.75, 3.05) is 13.2 Å².